The second-order valence-electron chi connectivity index (χ2n) is 6.63. The smallest absolute Gasteiger partial charge is 0.293 e. The Morgan fingerprint density at radius 3 is 2.64 bits per heavy atom. The maximum absolute atomic E-state index is 12.4. The maximum Gasteiger partial charge on any atom is 0.343 e. The van der Waals surface area contributed by atoms with E-state index >= 15 is 0 Å². The Hall–Kier alpha value is -1.82. The van der Waals surface area contributed by atoms with Gasteiger partial charge in [-0.1, -0.05) is 62.2 Å². The van der Waals surface area contributed by atoms with Crippen LogP contribution in [0.15, 0.2) is 34.2 Å². The molecule has 5 nitrogen and oxygen atoms in total. The van der Waals surface area contributed by atoms with Crippen molar-refractivity contribution in [3.05, 3.63) is 45.9 Å². The molecule has 0 atom stereocenters. The minimum atomic E-state index is -0.214. The molecular formula is C19H25N3O2S. The van der Waals surface area contributed by atoms with Crippen molar-refractivity contribution in [3.63, 3.8) is 0 Å². The van der Waals surface area contributed by atoms with Crippen LogP contribution in [0.4, 0.5) is 0 Å². The van der Waals surface area contributed by atoms with Crippen LogP contribution in [0.25, 0.3) is 0 Å². The lowest BCUT2D eigenvalue weighted by atomic mass is 9.84. The van der Waals surface area contributed by atoms with E-state index < -0.39 is 0 Å². The Balaban J connectivity index is 1.60. The van der Waals surface area contributed by atoms with E-state index in [1.54, 1.807) is 4.57 Å². The molecule has 1 aliphatic rings. The molecule has 2 aromatic rings. The maximum atomic E-state index is 12.4. The van der Waals surface area contributed by atoms with Gasteiger partial charge in [0.05, 0.1) is 5.75 Å². The molecule has 1 aromatic carbocycles. The number of hydrogen-bond donors (Lipinski definition) is 1. The first kappa shape index (κ1) is 18.0. The fourth-order valence-corrected chi connectivity index (χ4v) is 4.29. The number of hydrogen-bond acceptors (Lipinski definition) is 4. The Labute approximate surface area is 152 Å². The predicted octanol–water partition coefficient (Wildman–Crippen LogP) is 4.00. The van der Waals surface area contributed by atoms with Crippen LogP contribution in [-0.2, 0) is 6.54 Å². The normalized spacial score (nSPS) is 15.4. The van der Waals surface area contributed by atoms with Gasteiger partial charge in [-0.3, -0.25) is 9.36 Å². The first-order valence-corrected chi connectivity index (χ1v) is 10.1. The zero-order valence-corrected chi connectivity index (χ0v) is 15.5. The third-order valence-electron chi connectivity index (χ3n) is 4.81. The number of carbonyl (C=O) groups is 1. The van der Waals surface area contributed by atoms with Gasteiger partial charge in [0, 0.05) is 12.1 Å². The summed E-state index contributed by atoms with van der Waals surface area (Å²) in [4.78, 5) is 24.1. The first-order chi connectivity index (χ1) is 12.2. The van der Waals surface area contributed by atoms with Crippen LogP contribution in [0.2, 0.25) is 0 Å². The molecule has 134 valence electrons. The summed E-state index contributed by atoms with van der Waals surface area (Å²) >= 11 is 1.31. The van der Waals surface area contributed by atoms with Crippen molar-refractivity contribution in [3.8, 4) is 0 Å². The quantitative estimate of drug-likeness (QED) is 0.599. The lowest BCUT2D eigenvalue weighted by Crippen LogP contribution is -2.17. The highest BCUT2D eigenvalue weighted by atomic mass is 32.2. The van der Waals surface area contributed by atoms with E-state index in [4.69, 9.17) is 0 Å². The van der Waals surface area contributed by atoms with Crippen LogP contribution in [-0.4, -0.2) is 26.3 Å². The van der Waals surface area contributed by atoms with Crippen molar-refractivity contribution in [1.29, 1.82) is 0 Å². The van der Waals surface area contributed by atoms with Crippen LogP contribution in [0.1, 0.15) is 67.3 Å². The monoisotopic (exact) mass is 359 g/mol. The number of nitrogens with zero attached hydrogens (tertiary/aromatic N) is 2. The van der Waals surface area contributed by atoms with Crippen LogP contribution in [0.5, 0.6) is 0 Å². The van der Waals surface area contributed by atoms with E-state index in [0.717, 1.165) is 12.0 Å². The summed E-state index contributed by atoms with van der Waals surface area (Å²) in [5.74, 6) is 1.01. The predicted molar refractivity (Wildman–Crippen MR) is 100 cm³/mol. The molecule has 0 radical (unpaired) electrons. The van der Waals surface area contributed by atoms with Gasteiger partial charge in [0.2, 0.25) is 0 Å². The van der Waals surface area contributed by atoms with Crippen LogP contribution < -0.4 is 5.69 Å². The summed E-state index contributed by atoms with van der Waals surface area (Å²) in [6.45, 7) is 2.62. The molecular weight excluding hydrogens is 334 g/mol. The molecule has 1 N–H and O–H groups in total. The fourth-order valence-electron chi connectivity index (χ4n) is 3.42. The van der Waals surface area contributed by atoms with E-state index in [1.807, 2.05) is 19.1 Å². The lowest BCUT2D eigenvalue weighted by Gasteiger charge is -2.22. The van der Waals surface area contributed by atoms with E-state index in [9.17, 15) is 9.59 Å². The van der Waals surface area contributed by atoms with Gasteiger partial charge < -0.3 is 0 Å². The Morgan fingerprint density at radius 2 is 1.96 bits per heavy atom. The molecule has 1 aromatic heterocycles. The molecule has 1 heterocycles. The number of H-pyrrole nitrogens is 1. The van der Waals surface area contributed by atoms with Crippen molar-refractivity contribution in [2.75, 3.05) is 5.75 Å². The number of thioether (sulfide) groups is 1. The number of ketones is 1. The zero-order valence-electron chi connectivity index (χ0n) is 14.7. The standard InChI is InChI=1S/C19H25N3O2S/c1-2-12-22-18(24)20-21-19(22)25-13-17(23)16-10-8-15(9-11-16)14-6-4-3-5-7-14/h8-11,14H,2-7,12-13H2,1H3,(H,20,24). The molecule has 0 unspecified atom stereocenters. The Morgan fingerprint density at radius 1 is 1.24 bits per heavy atom. The van der Waals surface area contributed by atoms with Crippen molar-refractivity contribution in [2.45, 2.75) is 63.1 Å². The van der Waals surface area contributed by atoms with Gasteiger partial charge in [0.25, 0.3) is 0 Å². The van der Waals surface area contributed by atoms with Gasteiger partial charge in [-0.25, -0.2) is 9.89 Å². The average molecular weight is 359 g/mol. The van der Waals surface area contributed by atoms with Gasteiger partial charge in [0.1, 0.15) is 0 Å². The van der Waals surface area contributed by atoms with E-state index in [2.05, 4.69) is 22.3 Å². The van der Waals surface area contributed by atoms with Gasteiger partial charge in [-0.15, -0.1) is 5.10 Å². The zero-order chi connectivity index (χ0) is 17.6. The highest BCUT2D eigenvalue weighted by molar-refractivity contribution is 7.99. The van der Waals surface area contributed by atoms with Crippen LogP contribution in [0.3, 0.4) is 0 Å². The minimum Gasteiger partial charge on any atom is -0.293 e. The fraction of sp³-hybridized carbons (Fsp3) is 0.526. The molecule has 25 heavy (non-hydrogen) atoms. The summed E-state index contributed by atoms with van der Waals surface area (Å²) in [5, 5.41) is 7.05. The number of carbonyl (C=O) groups excluding carboxylic acids is 1. The summed E-state index contributed by atoms with van der Waals surface area (Å²) in [5.41, 5.74) is 1.87. The number of rotatable bonds is 7. The second kappa shape index (κ2) is 8.52. The highest BCUT2D eigenvalue weighted by Gasteiger charge is 2.16. The topological polar surface area (TPSA) is 67.8 Å². The molecule has 0 bridgehead atoms. The van der Waals surface area contributed by atoms with Gasteiger partial charge >= 0.3 is 5.69 Å². The number of aromatic nitrogens is 3. The summed E-state index contributed by atoms with van der Waals surface area (Å²) in [6, 6.07) is 8.10. The molecule has 0 aliphatic heterocycles. The molecule has 1 saturated carbocycles. The van der Waals surface area contributed by atoms with Crippen molar-refractivity contribution >= 4 is 17.5 Å². The molecule has 0 saturated heterocycles. The summed E-state index contributed by atoms with van der Waals surface area (Å²) in [7, 11) is 0. The number of nitrogens with one attached hydrogen (secondary N) is 1. The molecule has 6 heteroatoms. The molecule has 0 spiro atoms. The van der Waals surface area contributed by atoms with E-state index in [0.29, 0.717) is 17.6 Å². The number of Topliss-reactive ketones (excluding diaryl/α,β-unsaturated/α-hetero) is 1. The number of benzene rings is 1. The van der Waals surface area contributed by atoms with Crippen LogP contribution >= 0.6 is 11.8 Å². The Kier molecular flexibility index (Phi) is 6.13. The number of aromatic amines is 1. The van der Waals surface area contributed by atoms with Crippen LogP contribution in [0, 0.1) is 0 Å². The van der Waals surface area contributed by atoms with Crippen molar-refractivity contribution < 1.29 is 4.79 Å². The van der Waals surface area contributed by atoms with E-state index in [-0.39, 0.29) is 17.2 Å². The third-order valence-corrected chi connectivity index (χ3v) is 5.79. The SMILES string of the molecule is CCCn1c(SCC(=O)c2ccc(C3CCCCC3)cc2)n[nH]c1=O. The minimum absolute atomic E-state index is 0.0682. The van der Waals surface area contributed by atoms with Gasteiger partial charge in [-0.05, 0) is 30.7 Å². The highest BCUT2D eigenvalue weighted by Crippen LogP contribution is 2.32. The van der Waals surface area contributed by atoms with Crippen molar-refractivity contribution in [1.82, 2.24) is 14.8 Å². The van der Waals surface area contributed by atoms with E-state index in [1.165, 1.54) is 49.4 Å². The summed E-state index contributed by atoms with van der Waals surface area (Å²) < 4.78 is 1.59. The largest absolute Gasteiger partial charge is 0.343 e. The first-order valence-electron chi connectivity index (χ1n) is 9.10. The molecule has 1 aliphatic carbocycles. The average Bonchev–Trinajstić information content (AvgIpc) is 3.01. The molecule has 0 amide bonds. The summed E-state index contributed by atoms with van der Waals surface area (Å²) in [6.07, 6.45) is 7.34. The van der Waals surface area contributed by atoms with Crippen molar-refractivity contribution in [2.24, 2.45) is 0 Å². The van der Waals surface area contributed by atoms with Gasteiger partial charge in [-0.2, -0.15) is 0 Å². The van der Waals surface area contributed by atoms with Gasteiger partial charge in [0.15, 0.2) is 10.9 Å². The molecule has 1 fully saturated rings. The Bertz CT molecular complexity index is 758. The molecule has 3 rings (SSSR count). The second-order valence-corrected chi connectivity index (χ2v) is 7.57. The lowest BCUT2D eigenvalue weighted by molar-refractivity contribution is 0.102. The third kappa shape index (κ3) is 4.42.